The number of carbonyl (C=O) groups excluding carboxylic acids is 2. The van der Waals surface area contributed by atoms with Crippen LogP contribution in [-0.2, 0) is 17.9 Å². The minimum absolute atomic E-state index is 0.108. The topological polar surface area (TPSA) is 70.2 Å². The van der Waals surface area contributed by atoms with Crippen molar-refractivity contribution < 1.29 is 9.59 Å². The molecule has 2 fully saturated rings. The Morgan fingerprint density at radius 3 is 2.24 bits per heavy atom. The van der Waals surface area contributed by atoms with Crippen LogP contribution in [0.1, 0.15) is 56.1 Å². The maximum Gasteiger partial charge on any atom is 0.315 e. The van der Waals surface area contributed by atoms with Crippen molar-refractivity contribution in [3.8, 4) is 0 Å². The summed E-state index contributed by atoms with van der Waals surface area (Å²) in [6, 6.07) is 7.91. The average Bonchev–Trinajstić information content (AvgIpc) is 3.48. The second-order valence-electron chi connectivity index (χ2n) is 7.38. The van der Waals surface area contributed by atoms with E-state index in [4.69, 9.17) is 0 Å². The first-order chi connectivity index (χ1) is 12.2. The number of hydrogen-bond acceptors (Lipinski definition) is 2. The zero-order valence-corrected chi connectivity index (χ0v) is 14.9. The third kappa shape index (κ3) is 6.07. The molecule has 0 aromatic heterocycles. The van der Waals surface area contributed by atoms with Gasteiger partial charge in [0, 0.05) is 25.6 Å². The van der Waals surface area contributed by atoms with E-state index in [9.17, 15) is 9.59 Å². The predicted octanol–water partition coefficient (Wildman–Crippen LogP) is 3.09. The van der Waals surface area contributed by atoms with Gasteiger partial charge in [-0.2, -0.15) is 0 Å². The first-order valence-corrected chi connectivity index (χ1v) is 9.58. The van der Waals surface area contributed by atoms with Crippen LogP contribution in [-0.4, -0.2) is 18.5 Å². The average molecular weight is 343 g/mol. The Kier molecular flexibility index (Phi) is 6.31. The van der Waals surface area contributed by atoms with Gasteiger partial charge in [-0.15, -0.1) is 0 Å². The third-order valence-electron chi connectivity index (χ3n) is 5.14. The molecule has 0 unspecified atom stereocenters. The summed E-state index contributed by atoms with van der Waals surface area (Å²) in [5.74, 6) is 1.05. The fraction of sp³-hybridized carbons (Fsp3) is 0.600. The van der Waals surface area contributed by atoms with Gasteiger partial charge in [0.1, 0.15) is 0 Å². The van der Waals surface area contributed by atoms with E-state index in [0.29, 0.717) is 19.0 Å². The van der Waals surface area contributed by atoms with Crippen LogP contribution in [0.15, 0.2) is 24.3 Å². The number of urea groups is 1. The molecule has 5 heteroatoms. The summed E-state index contributed by atoms with van der Waals surface area (Å²) in [6.07, 6.45) is 8.10. The van der Waals surface area contributed by atoms with E-state index in [0.717, 1.165) is 30.5 Å². The van der Waals surface area contributed by atoms with Gasteiger partial charge in [0.2, 0.25) is 5.91 Å². The summed E-state index contributed by atoms with van der Waals surface area (Å²) >= 11 is 0. The number of rotatable bonds is 7. The van der Waals surface area contributed by atoms with Crippen LogP contribution in [0, 0.1) is 11.8 Å². The van der Waals surface area contributed by atoms with E-state index in [1.54, 1.807) is 0 Å². The molecule has 0 atom stereocenters. The molecule has 2 saturated carbocycles. The predicted molar refractivity (Wildman–Crippen MR) is 97.8 cm³/mol. The molecular formula is C20H29N3O2. The number of amides is 3. The number of benzene rings is 1. The molecule has 3 rings (SSSR count). The Morgan fingerprint density at radius 2 is 1.56 bits per heavy atom. The molecule has 25 heavy (non-hydrogen) atoms. The normalized spacial score (nSPS) is 17.8. The minimum Gasteiger partial charge on any atom is -0.352 e. The maximum atomic E-state index is 12.2. The molecule has 2 aliphatic carbocycles. The highest BCUT2D eigenvalue weighted by molar-refractivity contribution is 5.78. The van der Waals surface area contributed by atoms with Gasteiger partial charge in [-0.3, -0.25) is 4.79 Å². The summed E-state index contributed by atoms with van der Waals surface area (Å²) in [5, 5.41) is 8.85. The molecule has 136 valence electrons. The maximum absolute atomic E-state index is 12.2. The van der Waals surface area contributed by atoms with Crippen LogP contribution in [0.4, 0.5) is 4.79 Å². The highest BCUT2D eigenvalue weighted by Crippen LogP contribution is 2.27. The van der Waals surface area contributed by atoms with E-state index in [1.807, 2.05) is 24.3 Å². The van der Waals surface area contributed by atoms with E-state index in [2.05, 4.69) is 16.0 Å². The summed E-state index contributed by atoms with van der Waals surface area (Å²) < 4.78 is 0. The Morgan fingerprint density at radius 1 is 0.880 bits per heavy atom. The zero-order chi connectivity index (χ0) is 17.5. The smallest absolute Gasteiger partial charge is 0.315 e. The van der Waals surface area contributed by atoms with Gasteiger partial charge < -0.3 is 16.0 Å². The standard InChI is InChI=1S/C20H29N3O2/c24-19(18-7-2-1-3-8-18)21-13-16-5-4-6-17(11-16)14-23-20(25)22-12-15-9-10-15/h4-6,11,15,18H,1-3,7-10,12-14H2,(H,21,24)(H2,22,23,25). The fourth-order valence-corrected chi connectivity index (χ4v) is 3.35. The molecule has 3 amide bonds. The molecule has 0 heterocycles. The molecule has 0 spiro atoms. The molecule has 1 aromatic rings. The summed E-state index contributed by atoms with van der Waals surface area (Å²) in [7, 11) is 0. The van der Waals surface area contributed by atoms with Crippen molar-refractivity contribution >= 4 is 11.9 Å². The van der Waals surface area contributed by atoms with Gasteiger partial charge in [0.15, 0.2) is 0 Å². The van der Waals surface area contributed by atoms with E-state index >= 15 is 0 Å². The van der Waals surface area contributed by atoms with Crippen molar-refractivity contribution in [2.75, 3.05) is 6.54 Å². The fourth-order valence-electron chi connectivity index (χ4n) is 3.35. The molecular weight excluding hydrogens is 314 g/mol. The van der Waals surface area contributed by atoms with Crippen molar-refractivity contribution in [2.24, 2.45) is 11.8 Å². The van der Waals surface area contributed by atoms with Crippen LogP contribution >= 0.6 is 0 Å². The Balaban J connectivity index is 1.40. The SMILES string of the molecule is O=C(NCc1cccc(CNC(=O)C2CCCCC2)c1)NCC1CC1. The largest absolute Gasteiger partial charge is 0.352 e. The van der Waals surface area contributed by atoms with Gasteiger partial charge in [0.25, 0.3) is 0 Å². The number of hydrogen-bond donors (Lipinski definition) is 3. The van der Waals surface area contributed by atoms with Crippen LogP contribution in [0.2, 0.25) is 0 Å². The van der Waals surface area contributed by atoms with E-state index in [1.165, 1.54) is 32.1 Å². The molecule has 3 N–H and O–H groups in total. The van der Waals surface area contributed by atoms with Crippen molar-refractivity contribution in [3.63, 3.8) is 0 Å². The second kappa shape index (κ2) is 8.88. The van der Waals surface area contributed by atoms with Crippen LogP contribution in [0.25, 0.3) is 0 Å². The first kappa shape index (κ1) is 17.8. The zero-order valence-electron chi connectivity index (χ0n) is 14.9. The number of carbonyl (C=O) groups is 2. The van der Waals surface area contributed by atoms with Gasteiger partial charge in [0.05, 0.1) is 0 Å². The van der Waals surface area contributed by atoms with Crippen molar-refractivity contribution in [1.29, 1.82) is 0 Å². The highest BCUT2D eigenvalue weighted by Gasteiger charge is 2.21. The van der Waals surface area contributed by atoms with Crippen molar-refractivity contribution in [1.82, 2.24) is 16.0 Å². The third-order valence-corrected chi connectivity index (χ3v) is 5.14. The molecule has 1 aromatic carbocycles. The Hall–Kier alpha value is -2.04. The van der Waals surface area contributed by atoms with Crippen LogP contribution in [0.3, 0.4) is 0 Å². The second-order valence-corrected chi connectivity index (χ2v) is 7.38. The molecule has 2 aliphatic rings. The van der Waals surface area contributed by atoms with Crippen molar-refractivity contribution in [3.05, 3.63) is 35.4 Å². The van der Waals surface area contributed by atoms with Crippen LogP contribution < -0.4 is 16.0 Å². The summed E-state index contributed by atoms with van der Waals surface area (Å²) in [6.45, 7) is 1.83. The highest BCUT2D eigenvalue weighted by atomic mass is 16.2. The summed E-state index contributed by atoms with van der Waals surface area (Å²) in [5.41, 5.74) is 2.12. The summed E-state index contributed by atoms with van der Waals surface area (Å²) in [4.78, 5) is 24.0. The lowest BCUT2D eigenvalue weighted by Crippen LogP contribution is -2.36. The minimum atomic E-state index is -0.108. The quantitative estimate of drug-likeness (QED) is 0.712. The van der Waals surface area contributed by atoms with E-state index in [-0.39, 0.29) is 17.9 Å². The van der Waals surface area contributed by atoms with E-state index < -0.39 is 0 Å². The molecule has 0 bridgehead atoms. The molecule has 0 radical (unpaired) electrons. The van der Waals surface area contributed by atoms with Gasteiger partial charge in [-0.1, -0.05) is 43.5 Å². The lowest BCUT2D eigenvalue weighted by Gasteiger charge is -2.20. The van der Waals surface area contributed by atoms with Gasteiger partial charge >= 0.3 is 6.03 Å². The molecule has 0 aliphatic heterocycles. The van der Waals surface area contributed by atoms with Gasteiger partial charge in [-0.25, -0.2) is 4.79 Å². The number of nitrogens with one attached hydrogen (secondary N) is 3. The first-order valence-electron chi connectivity index (χ1n) is 9.58. The van der Waals surface area contributed by atoms with Gasteiger partial charge in [-0.05, 0) is 42.7 Å². The monoisotopic (exact) mass is 343 g/mol. The molecule has 5 nitrogen and oxygen atoms in total. The lowest BCUT2D eigenvalue weighted by molar-refractivity contribution is -0.126. The van der Waals surface area contributed by atoms with Crippen LogP contribution in [0.5, 0.6) is 0 Å². The lowest BCUT2D eigenvalue weighted by atomic mass is 9.88. The Bertz CT molecular complexity index is 592. The molecule has 0 saturated heterocycles. The van der Waals surface area contributed by atoms with Crippen molar-refractivity contribution in [2.45, 2.75) is 58.0 Å². The Labute approximate surface area is 150 Å².